The number of pyridine rings is 1. The van der Waals surface area contributed by atoms with E-state index in [0.717, 1.165) is 37.2 Å². The molecule has 0 bridgehead atoms. The standard InChI is InChI=1S/C18H21N3O/c1-14-4-2-3-5-17(14)20-18(22)15-8-12-21(13-9-15)16-6-10-19-11-7-16/h2-7,10-11,15H,8-9,12-13H2,1H3,(H,20,22). The number of carbonyl (C=O) groups is 1. The van der Waals surface area contributed by atoms with Gasteiger partial charge in [0.05, 0.1) is 0 Å². The lowest BCUT2D eigenvalue weighted by Gasteiger charge is -2.33. The number of aryl methyl sites for hydroxylation is 1. The molecule has 1 saturated heterocycles. The maximum absolute atomic E-state index is 12.4. The van der Waals surface area contributed by atoms with Crippen molar-refractivity contribution in [3.63, 3.8) is 0 Å². The van der Waals surface area contributed by atoms with E-state index in [1.54, 1.807) is 0 Å². The first-order valence-corrected chi connectivity index (χ1v) is 7.75. The molecule has 1 amide bonds. The highest BCUT2D eigenvalue weighted by Gasteiger charge is 2.25. The van der Waals surface area contributed by atoms with E-state index < -0.39 is 0 Å². The third-order valence-corrected chi connectivity index (χ3v) is 4.30. The first-order chi connectivity index (χ1) is 10.7. The highest BCUT2D eigenvalue weighted by molar-refractivity contribution is 5.93. The Morgan fingerprint density at radius 1 is 1.14 bits per heavy atom. The van der Waals surface area contributed by atoms with Crippen molar-refractivity contribution in [2.24, 2.45) is 5.92 Å². The summed E-state index contributed by atoms with van der Waals surface area (Å²) in [5, 5.41) is 3.07. The molecule has 0 spiro atoms. The zero-order valence-electron chi connectivity index (χ0n) is 12.8. The van der Waals surface area contributed by atoms with E-state index in [1.807, 2.05) is 55.7 Å². The summed E-state index contributed by atoms with van der Waals surface area (Å²) in [6.45, 7) is 3.84. The molecule has 0 atom stereocenters. The molecule has 0 saturated carbocycles. The minimum atomic E-state index is 0.0951. The number of amides is 1. The summed E-state index contributed by atoms with van der Waals surface area (Å²) in [7, 11) is 0. The predicted molar refractivity (Wildman–Crippen MR) is 89.0 cm³/mol. The van der Waals surface area contributed by atoms with Gasteiger partial charge < -0.3 is 10.2 Å². The van der Waals surface area contributed by atoms with E-state index in [1.165, 1.54) is 5.69 Å². The van der Waals surface area contributed by atoms with Crippen molar-refractivity contribution in [2.45, 2.75) is 19.8 Å². The number of hydrogen-bond acceptors (Lipinski definition) is 3. The van der Waals surface area contributed by atoms with E-state index in [2.05, 4.69) is 15.2 Å². The Balaban J connectivity index is 1.57. The lowest BCUT2D eigenvalue weighted by Crippen LogP contribution is -2.38. The third-order valence-electron chi connectivity index (χ3n) is 4.30. The fourth-order valence-electron chi connectivity index (χ4n) is 2.90. The Bertz CT molecular complexity index is 634. The van der Waals surface area contributed by atoms with Gasteiger partial charge in [0.2, 0.25) is 5.91 Å². The second-order valence-corrected chi connectivity index (χ2v) is 5.77. The summed E-state index contributed by atoms with van der Waals surface area (Å²) in [6.07, 6.45) is 5.40. The van der Waals surface area contributed by atoms with Gasteiger partial charge in [0, 0.05) is 42.8 Å². The number of nitrogens with one attached hydrogen (secondary N) is 1. The zero-order chi connectivity index (χ0) is 15.4. The van der Waals surface area contributed by atoms with Gasteiger partial charge in [-0.25, -0.2) is 0 Å². The molecule has 22 heavy (non-hydrogen) atoms. The lowest BCUT2D eigenvalue weighted by atomic mass is 9.95. The second-order valence-electron chi connectivity index (χ2n) is 5.77. The summed E-state index contributed by atoms with van der Waals surface area (Å²) in [5.41, 5.74) is 3.21. The molecule has 4 nitrogen and oxygen atoms in total. The highest BCUT2D eigenvalue weighted by atomic mass is 16.1. The number of rotatable bonds is 3. The molecule has 1 aromatic heterocycles. The van der Waals surface area contributed by atoms with Gasteiger partial charge in [0.1, 0.15) is 0 Å². The Morgan fingerprint density at radius 2 is 1.82 bits per heavy atom. The van der Waals surface area contributed by atoms with Gasteiger partial charge in [-0.1, -0.05) is 18.2 Å². The molecule has 1 aromatic carbocycles. The van der Waals surface area contributed by atoms with Gasteiger partial charge >= 0.3 is 0 Å². The molecule has 114 valence electrons. The average molecular weight is 295 g/mol. The van der Waals surface area contributed by atoms with Gasteiger partial charge in [-0.15, -0.1) is 0 Å². The fraction of sp³-hybridized carbons (Fsp3) is 0.333. The van der Waals surface area contributed by atoms with Crippen LogP contribution in [-0.2, 0) is 4.79 Å². The van der Waals surface area contributed by atoms with E-state index in [9.17, 15) is 4.79 Å². The molecule has 0 radical (unpaired) electrons. The van der Waals surface area contributed by atoms with Crippen LogP contribution in [-0.4, -0.2) is 24.0 Å². The van der Waals surface area contributed by atoms with Crippen molar-refractivity contribution >= 4 is 17.3 Å². The summed E-state index contributed by atoms with van der Waals surface area (Å²) >= 11 is 0. The first-order valence-electron chi connectivity index (χ1n) is 7.75. The number of aromatic nitrogens is 1. The van der Waals surface area contributed by atoms with Gasteiger partial charge in [0.25, 0.3) is 0 Å². The van der Waals surface area contributed by atoms with Crippen LogP contribution < -0.4 is 10.2 Å². The van der Waals surface area contributed by atoms with Crippen LogP contribution in [0.5, 0.6) is 0 Å². The quantitative estimate of drug-likeness (QED) is 0.945. The van der Waals surface area contributed by atoms with Crippen LogP contribution in [0.4, 0.5) is 11.4 Å². The number of hydrogen-bond donors (Lipinski definition) is 1. The molecule has 1 aliphatic heterocycles. The molecule has 0 aliphatic carbocycles. The van der Waals surface area contributed by atoms with Crippen molar-refractivity contribution in [3.05, 3.63) is 54.4 Å². The number of para-hydroxylation sites is 1. The molecule has 4 heteroatoms. The molecule has 1 fully saturated rings. The summed E-state index contributed by atoms with van der Waals surface area (Å²) in [4.78, 5) is 18.8. The minimum Gasteiger partial charge on any atom is -0.371 e. The Kier molecular flexibility index (Phi) is 4.37. The van der Waals surface area contributed by atoms with Gasteiger partial charge in [-0.3, -0.25) is 9.78 Å². The normalized spacial score (nSPS) is 15.6. The molecule has 3 rings (SSSR count). The van der Waals surface area contributed by atoms with Crippen molar-refractivity contribution in [1.82, 2.24) is 4.98 Å². The average Bonchev–Trinajstić information content (AvgIpc) is 2.58. The van der Waals surface area contributed by atoms with Crippen molar-refractivity contribution in [2.75, 3.05) is 23.3 Å². The van der Waals surface area contributed by atoms with Crippen LogP contribution in [0.2, 0.25) is 0 Å². The van der Waals surface area contributed by atoms with Crippen molar-refractivity contribution in [3.8, 4) is 0 Å². The summed E-state index contributed by atoms with van der Waals surface area (Å²) in [5.74, 6) is 0.237. The van der Waals surface area contributed by atoms with Gasteiger partial charge in [-0.2, -0.15) is 0 Å². The Labute approximate surface area is 131 Å². The molecule has 1 aliphatic rings. The van der Waals surface area contributed by atoms with Crippen molar-refractivity contribution in [1.29, 1.82) is 0 Å². The maximum atomic E-state index is 12.4. The SMILES string of the molecule is Cc1ccccc1NC(=O)C1CCN(c2ccncc2)CC1. The highest BCUT2D eigenvalue weighted by Crippen LogP contribution is 2.24. The van der Waals surface area contributed by atoms with E-state index in [-0.39, 0.29) is 11.8 Å². The van der Waals surface area contributed by atoms with Crippen molar-refractivity contribution < 1.29 is 4.79 Å². The summed E-state index contributed by atoms with van der Waals surface area (Å²) < 4.78 is 0. The first kappa shape index (κ1) is 14.6. The molecule has 1 N–H and O–H groups in total. The van der Waals surface area contributed by atoms with Crippen LogP contribution in [0.3, 0.4) is 0 Å². The van der Waals surface area contributed by atoms with Crippen LogP contribution >= 0.6 is 0 Å². The number of nitrogens with zero attached hydrogens (tertiary/aromatic N) is 2. The smallest absolute Gasteiger partial charge is 0.227 e. The van der Waals surface area contributed by atoms with Crippen LogP contribution in [0, 0.1) is 12.8 Å². The minimum absolute atomic E-state index is 0.0951. The Hall–Kier alpha value is -2.36. The molecular formula is C18H21N3O. The molecule has 2 aromatic rings. The number of piperidine rings is 1. The monoisotopic (exact) mass is 295 g/mol. The van der Waals surface area contributed by atoms with E-state index in [0.29, 0.717) is 0 Å². The number of anilines is 2. The van der Waals surface area contributed by atoms with E-state index >= 15 is 0 Å². The maximum Gasteiger partial charge on any atom is 0.227 e. The Morgan fingerprint density at radius 3 is 2.50 bits per heavy atom. The molecule has 2 heterocycles. The molecule has 0 unspecified atom stereocenters. The van der Waals surface area contributed by atoms with Gasteiger partial charge in [0.15, 0.2) is 0 Å². The summed E-state index contributed by atoms with van der Waals surface area (Å²) in [6, 6.07) is 12.0. The third kappa shape index (κ3) is 3.27. The molecular weight excluding hydrogens is 274 g/mol. The largest absolute Gasteiger partial charge is 0.371 e. The van der Waals surface area contributed by atoms with E-state index in [4.69, 9.17) is 0 Å². The lowest BCUT2D eigenvalue weighted by molar-refractivity contribution is -0.120. The van der Waals surface area contributed by atoms with Crippen LogP contribution in [0.25, 0.3) is 0 Å². The van der Waals surface area contributed by atoms with Crippen LogP contribution in [0.15, 0.2) is 48.8 Å². The number of carbonyl (C=O) groups excluding carboxylic acids is 1. The number of benzene rings is 1. The van der Waals surface area contributed by atoms with Crippen LogP contribution in [0.1, 0.15) is 18.4 Å². The van der Waals surface area contributed by atoms with Gasteiger partial charge in [-0.05, 0) is 43.5 Å². The zero-order valence-corrected chi connectivity index (χ0v) is 12.8. The second kappa shape index (κ2) is 6.60. The fourth-order valence-corrected chi connectivity index (χ4v) is 2.90. The predicted octanol–water partition coefficient (Wildman–Crippen LogP) is 3.25. The topological polar surface area (TPSA) is 45.2 Å².